The molecule has 0 saturated carbocycles. The van der Waals surface area contributed by atoms with Gasteiger partial charge < -0.3 is 9.64 Å². The van der Waals surface area contributed by atoms with Crippen LogP contribution >= 0.6 is 15.9 Å². The van der Waals surface area contributed by atoms with Crippen LogP contribution < -0.4 is 4.74 Å². The summed E-state index contributed by atoms with van der Waals surface area (Å²) in [5.74, 6) is 1.49. The molecule has 0 radical (unpaired) electrons. The second-order valence-electron chi connectivity index (χ2n) is 4.64. The lowest BCUT2D eigenvalue weighted by molar-refractivity contribution is 0.0686. The molecule has 0 aliphatic carbocycles. The molecule has 1 unspecified atom stereocenters. The van der Waals surface area contributed by atoms with Gasteiger partial charge in [0.2, 0.25) is 0 Å². The Morgan fingerprint density at radius 2 is 2.17 bits per heavy atom. The number of piperidine rings is 1. The van der Waals surface area contributed by atoms with E-state index in [1.165, 1.54) is 6.42 Å². The van der Waals surface area contributed by atoms with Crippen molar-refractivity contribution in [2.75, 3.05) is 25.5 Å². The second-order valence-corrected chi connectivity index (χ2v) is 5.29. The van der Waals surface area contributed by atoms with Crippen LogP contribution in [0.2, 0.25) is 0 Å². The molecule has 1 atom stereocenters. The number of benzene rings is 1. The van der Waals surface area contributed by atoms with Gasteiger partial charge in [0.15, 0.2) is 0 Å². The first-order valence-corrected chi connectivity index (χ1v) is 7.36. The minimum Gasteiger partial charge on any atom is -0.497 e. The number of hydrogen-bond acceptors (Lipinski definition) is 2. The van der Waals surface area contributed by atoms with Crippen molar-refractivity contribution < 1.29 is 9.53 Å². The number of carbonyl (C=O) groups excluding carboxylic acids is 1. The van der Waals surface area contributed by atoms with Gasteiger partial charge in [-0.2, -0.15) is 0 Å². The van der Waals surface area contributed by atoms with Gasteiger partial charge in [-0.05, 0) is 43.0 Å². The fraction of sp³-hybridized carbons (Fsp3) is 0.500. The molecule has 1 aromatic carbocycles. The Labute approximate surface area is 116 Å². The number of ether oxygens (including phenoxy) is 1. The summed E-state index contributed by atoms with van der Waals surface area (Å²) in [4.78, 5) is 14.3. The van der Waals surface area contributed by atoms with E-state index in [1.54, 1.807) is 7.11 Å². The fourth-order valence-electron chi connectivity index (χ4n) is 2.29. The first-order chi connectivity index (χ1) is 8.74. The number of alkyl halides is 1. The first kappa shape index (κ1) is 13.4. The molecule has 1 aromatic rings. The van der Waals surface area contributed by atoms with Gasteiger partial charge in [0, 0.05) is 24.0 Å². The third-order valence-electron chi connectivity index (χ3n) is 3.36. The van der Waals surface area contributed by atoms with E-state index in [1.807, 2.05) is 29.2 Å². The molecule has 0 bridgehead atoms. The average Bonchev–Trinajstić information content (AvgIpc) is 2.46. The van der Waals surface area contributed by atoms with Gasteiger partial charge in [-0.1, -0.05) is 15.9 Å². The highest BCUT2D eigenvalue weighted by atomic mass is 79.9. The van der Waals surface area contributed by atoms with Crippen molar-refractivity contribution in [1.82, 2.24) is 4.90 Å². The van der Waals surface area contributed by atoms with Crippen molar-refractivity contribution in [3.8, 4) is 5.75 Å². The minimum absolute atomic E-state index is 0.128. The van der Waals surface area contributed by atoms with Crippen LogP contribution in [0.5, 0.6) is 5.75 Å². The fourth-order valence-corrected chi connectivity index (χ4v) is 2.82. The Kier molecular flexibility index (Phi) is 4.64. The smallest absolute Gasteiger partial charge is 0.253 e. The van der Waals surface area contributed by atoms with Crippen LogP contribution in [0.15, 0.2) is 24.3 Å². The lowest BCUT2D eigenvalue weighted by Crippen LogP contribution is -2.40. The van der Waals surface area contributed by atoms with Gasteiger partial charge in [0.25, 0.3) is 5.91 Å². The standard InChI is InChI=1S/C14H18BrNO2/c1-18-13-6-4-12(5-7-13)14(17)16-8-2-3-11(9-15)10-16/h4-7,11H,2-3,8-10H2,1H3. The molecule has 1 fully saturated rings. The van der Waals surface area contributed by atoms with E-state index >= 15 is 0 Å². The SMILES string of the molecule is COc1ccc(C(=O)N2CCCC(CBr)C2)cc1. The average molecular weight is 312 g/mol. The Balaban J connectivity index is 2.05. The van der Waals surface area contributed by atoms with Crippen LogP contribution in [0.3, 0.4) is 0 Å². The van der Waals surface area contributed by atoms with E-state index in [4.69, 9.17) is 4.74 Å². The maximum Gasteiger partial charge on any atom is 0.253 e. The Morgan fingerprint density at radius 3 is 2.78 bits per heavy atom. The number of hydrogen-bond donors (Lipinski definition) is 0. The zero-order valence-corrected chi connectivity index (χ0v) is 12.1. The number of rotatable bonds is 3. The first-order valence-electron chi connectivity index (χ1n) is 6.24. The third kappa shape index (κ3) is 3.05. The van der Waals surface area contributed by atoms with Crippen molar-refractivity contribution in [3.63, 3.8) is 0 Å². The van der Waals surface area contributed by atoms with Crippen LogP contribution in [0.1, 0.15) is 23.2 Å². The quantitative estimate of drug-likeness (QED) is 0.803. The van der Waals surface area contributed by atoms with Crippen LogP contribution in [0, 0.1) is 5.92 Å². The van der Waals surface area contributed by atoms with E-state index in [9.17, 15) is 4.79 Å². The second kappa shape index (κ2) is 6.23. The molecule has 1 aliphatic heterocycles. The number of halogens is 1. The Hall–Kier alpha value is -1.03. The lowest BCUT2D eigenvalue weighted by atomic mass is 9.99. The van der Waals surface area contributed by atoms with Gasteiger partial charge in [-0.3, -0.25) is 4.79 Å². The van der Waals surface area contributed by atoms with E-state index in [0.29, 0.717) is 5.92 Å². The molecular formula is C14H18BrNO2. The molecule has 0 spiro atoms. The topological polar surface area (TPSA) is 29.5 Å². The molecule has 1 saturated heterocycles. The number of carbonyl (C=O) groups is 1. The monoisotopic (exact) mass is 311 g/mol. The third-order valence-corrected chi connectivity index (χ3v) is 4.28. The largest absolute Gasteiger partial charge is 0.497 e. The summed E-state index contributed by atoms with van der Waals surface area (Å²) >= 11 is 3.51. The van der Waals surface area contributed by atoms with Gasteiger partial charge in [0.05, 0.1) is 7.11 Å². The zero-order chi connectivity index (χ0) is 13.0. The van der Waals surface area contributed by atoms with Gasteiger partial charge >= 0.3 is 0 Å². The zero-order valence-electron chi connectivity index (χ0n) is 10.6. The Morgan fingerprint density at radius 1 is 1.44 bits per heavy atom. The summed E-state index contributed by atoms with van der Waals surface area (Å²) in [5, 5.41) is 0.972. The molecule has 1 heterocycles. The molecule has 0 N–H and O–H groups in total. The summed E-state index contributed by atoms with van der Waals surface area (Å²) in [5.41, 5.74) is 0.742. The van der Waals surface area contributed by atoms with E-state index < -0.39 is 0 Å². The van der Waals surface area contributed by atoms with Crippen molar-refractivity contribution >= 4 is 21.8 Å². The molecular weight excluding hydrogens is 294 g/mol. The minimum atomic E-state index is 0.128. The Bertz CT molecular complexity index is 405. The number of amides is 1. The van der Waals surface area contributed by atoms with E-state index in [-0.39, 0.29) is 5.91 Å². The summed E-state index contributed by atoms with van der Waals surface area (Å²) in [6.45, 7) is 1.73. The number of likely N-dealkylation sites (tertiary alicyclic amines) is 1. The van der Waals surface area contributed by atoms with Gasteiger partial charge in [0.1, 0.15) is 5.75 Å². The van der Waals surface area contributed by atoms with E-state index in [2.05, 4.69) is 15.9 Å². The number of nitrogens with zero attached hydrogens (tertiary/aromatic N) is 1. The van der Waals surface area contributed by atoms with Gasteiger partial charge in [-0.15, -0.1) is 0 Å². The molecule has 3 nitrogen and oxygen atoms in total. The van der Waals surface area contributed by atoms with Crippen LogP contribution in [-0.2, 0) is 0 Å². The highest BCUT2D eigenvalue weighted by molar-refractivity contribution is 9.09. The normalized spacial score (nSPS) is 19.7. The number of methoxy groups -OCH3 is 1. The molecule has 1 aliphatic rings. The highest BCUT2D eigenvalue weighted by Crippen LogP contribution is 2.21. The lowest BCUT2D eigenvalue weighted by Gasteiger charge is -2.32. The van der Waals surface area contributed by atoms with E-state index in [0.717, 1.165) is 36.2 Å². The maximum atomic E-state index is 12.3. The molecule has 2 rings (SSSR count). The molecule has 98 valence electrons. The molecule has 0 aromatic heterocycles. The van der Waals surface area contributed by atoms with Crippen LogP contribution in [-0.4, -0.2) is 36.3 Å². The van der Waals surface area contributed by atoms with Crippen molar-refractivity contribution in [3.05, 3.63) is 29.8 Å². The summed E-state index contributed by atoms with van der Waals surface area (Å²) in [7, 11) is 1.63. The van der Waals surface area contributed by atoms with Crippen molar-refractivity contribution in [2.45, 2.75) is 12.8 Å². The van der Waals surface area contributed by atoms with Crippen molar-refractivity contribution in [1.29, 1.82) is 0 Å². The maximum absolute atomic E-state index is 12.3. The van der Waals surface area contributed by atoms with Crippen LogP contribution in [0.25, 0.3) is 0 Å². The highest BCUT2D eigenvalue weighted by Gasteiger charge is 2.23. The molecule has 4 heteroatoms. The van der Waals surface area contributed by atoms with Crippen LogP contribution in [0.4, 0.5) is 0 Å². The summed E-state index contributed by atoms with van der Waals surface area (Å²) in [6, 6.07) is 7.33. The predicted octanol–water partition coefficient (Wildman–Crippen LogP) is 2.94. The summed E-state index contributed by atoms with van der Waals surface area (Å²) in [6.07, 6.45) is 2.30. The van der Waals surface area contributed by atoms with Crippen molar-refractivity contribution in [2.24, 2.45) is 5.92 Å². The summed E-state index contributed by atoms with van der Waals surface area (Å²) < 4.78 is 5.10. The predicted molar refractivity (Wildman–Crippen MR) is 75.4 cm³/mol. The molecule has 1 amide bonds. The van der Waals surface area contributed by atoms with Gasteiger partial charge in [-0.25, -0.2) is 0 Å². The molecule has 18 heavy (non-hydrogen) atoms.